The van der Waals surface area contributed by atoms with E-state index < -0.39 is 29.0 Å². The Kier molecular flexibility index (Phi) is 33.7. The predicted molar refractivity (Wildman–Crippen MR) is 405 cm³/mol. The van der Waals surface area contributed by atoms with Gasteiger partial charge in [0.1, 0.15) is 105 Å². The molecule has 12 aromatic carbocycles. The highest BCUT2D eigenvalue weighted by Crippen LogP contribution is 2.58. The van der Waals surface area contributed by atoms with E-state index in [9.17, 15) is 19.6 Å². The monoisotopic (exact) mass is 1450 g/mol. The van der Waals surface area contributed by atoms with Crippen molar-refractivity contribution in [1.29, 1.82) is 5.26 Å². The molecular weight excluding hydrogens is 1370 g/mol. The summed E-state index contributed by atoms with van der Waals surface area (Å²) < 4.78 is 10.4. The maximum atomic E-state index is 12.6. The molecular formula is C84H79Cl4NO5P4. The van der Waals surface area contributed by atoms with Crippen LogP contribution in [0, 0.1) is 11.3 Å². The number of Topliss-reactive ketones (excluding diaryl/α,β-unsaturated/α-hetero) is 1. The lowest BCUT2D eigenvalue weighted by Crippen LogP contribution is -3.00. The number of carbonyl (C=O) groups excluding carboxylic acids is 3. The number of hydrogen-bond donors (Lipinski definition) is 0. The molecule has 12 aromatic rings. The Bertz CT molecular complexity index is 3880. The van der Waals surface area contributed by atoms with Gasteiger partial charge in [0.15, 0.2) is 24.3 Å². The molecule has 0 atom stereocenters. The van der Waals surface area contributed by atoms with Crippen LogP contribution >= 0.6 is 29.0 Å². The number of benzene rings is 12. The Morgan fingerprint density at radius 2 is 0.449 bits per heavy atom. The van der Waals surface area contributed by atoms with Crippen LogP contribution in [0.25, 0.3) is 0 Å². The molecule has 0 unspecified atom stereocenters. The van der Waals surface area contributed by atoms with Gasteiger partial charge in [-0.1, -0.05) is 218 Å². The van der Waals surface area contributed by atoms with Crippen molar-refractivity contribution in [1.82, 2.24) is 0 Å². The average molecular weight is 1450 g/mol. The third kappa shape index (κ3) is 19.5. The summed E-state index contributed by atoms with van der Waals surface area (Å²) in [7, 11) is -6.63. The molecule has 0 heterocycles. The number of ketones is 1. The van der Waals surface area contributed by atoms with Gasteiger partial charge in [-0.3, -0.25) is 4.79 Å². The van der Waals surface area contributed by atoms with Gasteiger partial charge in [-0.25, -0.2) is 9.59 Å². The fraction of sp³-hybridized carbons (Fsp3) is 0.0952. The van der Waals surface area contributed by atoms with Crippen LogP contribution in [0.15, 0.2) is 364 Å². The predicted octanol–water partition coefficient (Wildman–Crippen LogP) is 1.79. The molecule has 498 valence electrons. The van der Waals surface area contributed by atoms with Crippen LogP contribution in [0.3, 0.4) is 0 Å². The highest BCUT2D eigenvalue weighted by atomic mass is 35.5. The first kappa shape index (κ1) is 80.3. The zero-order chi connectivity index (χ0) is 65.7. The van der Waals surface area contributed by atoms with Gasteiger partial charge in [-0.2, -0.15) is 5.26 Å². The molecule has 0 spiro atoms. The lowest BCUT2D eigenvalue weighted by atomic mass is 10.4. The summed E-state index contributed by atoms with van der Waals surface area (Å²) in [6.45, 7) is 3.95. The number of carbonyl (C=O) groups is 3. The van der Waals surface area contributed by atoms with Crippen LogP contribution in [0.1, 0.15) is 13.8 Å². The van der Waals surface area contributed by atoms with E-state index in [0.29, 0.717) is 31.3 Å². The number of halogens is 4. The van der Waals surface area contributed by atoms with Gasteiger partial charge in [0.25, 0.3) is 0 Å². The number of methoxy groups -OCH3 is 1. The van der Waals surface area contributed by atoms with Gasteiger partial charge < -0.3 is 59.1 Å². The van der Waals surface area contributed by atoms with Gasteiger partial charge in [-0.15, -0.1) is 0 Å². The molecule has 0 saturated heterocycles. The van der Waals surface area contributed by atoms with Crippen LogP contribution < -0.4 is 113 Å². The highest BCUT2D eigenvalue weighted by Gasteiger charge is 2.50. The summed E-state index contributed by atoms with van der Waals surface area (Å²) in [5, 5.41) is 24.3. The smallest absolute Gasteiger partial charge is 0.345 e. The Balaban J connectivity index is 0.000000233. The minimum absolute atomic E-state index is 0. The third-order valence-electron chi connectivity index (χ3n) is 16.4. The Labute approximate surface area is 607 Å². The topological polar surface area (TPSA) is 93.5 Å². The van der Waals surface area contributed by atoms with Crippen molar-refractivity contribution in [2.75, 3.05) is 38.4 Å². The van der Waals surface area contributed by atoms with E-state index in [4.69, 9.17) is 9.47 Å². The number of ether oxygens (including phenoxy) is 2. The van der Waals surface area contributed by atoms with Crippen molar-refractivity contribution < 1.29 is 73.5 Å². The lowest BCUT2D eigenvalue weighted by molar-refractivity contribution is -0.140. The highest BCUT2D eigenvalue weighted by molar-refractivity contribution is 7.97. The fourth-order valence-corrected chi connectivity index (χ4v) is 28.0. The summed E-state index contributed by atoms with van der Waals surface area (Å²) >= 11 is 0. The Morgan fingerprint density at radius 1 is 0.286 bits per heavy atom. The molecule has 6 nitrogen and oxygen atoms in total. The zero-order valence-corrected chi connectivity index (χ0v) is 61.6. The number of nitrogens with zero attached hydrogens (tertiary/aromatic N) is 1. The van der Waals surface area contributed by atoms with Crippen molar-refractivity contribution in [2.24, 2.45) is 0 Å². The molecule has 0 N–H and O–H groups in total. The Hall–Kier alpha value is -8.38. The maximum Gasteiger partial charge on any atom is 0.345 e. The van der Waals surface area contributed by atoms with E-state index in [2.05, 4.69) is 224 Å². The second-order valence-electron chi connectivity index (χ2n) is 22.1. The second-order valence-corrected chi connectivity index (χ2v) is 36.1. The average Bonchev–Trinajstić information content (AvgIpc) is 1.55. The molecule has 0 amide bonds. The first-order valence-electron chi connectivity index (χ1n) is 31.4. The van der Waals surface area contributed by atoms with Crippen molar-refractivity contribution in [2.45, 2.75) is 13.8 Å². The fourth-order valence-electron chi connectivity index (χ4n) is 12.2. The zero-order valence-electron chi connectivity index (χ0n) is 55.0. The van der Waals surface area contributed by atoms with Crippen LogP contribution in [0.2, 0.25) is 0 Å². The quantitative estimate of drug-likeness (QED) is 0.0856. The molecule has 0 aliphatic carbocycles. The maximum absolute atomic E-state index is 12.6. The molecule has 0 aliphatic rings. The summed E-state index contributed by atoms with van der Waals surface area (Å²) in [5.41, 5.74) is 0. The standard InChI is InChI=1S/C22H22O2P.C21H20O2P.C21H20OP.C20H17NP.4ClH/c1-2-24-22(23)18-25(19-12-6-3-7-13-19,20-14-8-4-9-15-20)21-16-10-5-11-17-21;1-23-21(22)17-24(18-11-5-2-6-12-18,19-13-7-3-8-14-19)20-15-9-4-10-16-20;1-18(22)17-23(19-11-5-2-6-12-19,20-13-7-3-8-14-20)21-15-9-4-10-16-21;21-16-17-22(18-10-4-1-5-11-18,19-12-6-2-7-13-19)20-14-8-3-9-15-20;;;;/h3-17H,2,18H2,1H3;2-16H,17H2,1H3;2-16H,17H2,1H3;1-15H,17H2;4*1H/q4*+1;;;;/p-4. The van der Waals surface area contributed by atoms with Gasteiger partial charge in [0.05, 0.1) is 13.7 Å². The normalized spacial score (nSPS) is 10.6. The first-order valence-corrected chi connectivity index (χ1v) is 39.3. The van der Waals surface area contributed by atoms with E-state index in [0.717, 1.165) is 0 Å². The van der Waals surface area contributed by atoms with Crippen molar-refractivity contribution in [3.8, 4) is 6.07 Å². The van der Waals surface area contributed by atoms with Crippen LogP contribution in [-0.4, -0.2) is 56.1 Å². The Morgan fingerprint density at radius 3 is 0.602 bits per heavy atom. The van der Waals surface area contributed by atoms with E-state index in [1.165, 1.54) is 70.8 Å². The van der Waals surface area contributed by atoms with Gasteiger partial charge in [-0.05, 0) is 159 Å². The van der Waals surface area contributed by atoms with Gasteiger partial charge in [0.2, 0.25) is 0 Å². The molecule has 12 rings (SSSR count). The molecule has 0 saturated carbocycles. The van der Waals surface area contributed by atoms with Crippen LogP contribution in [0.4, 0.5) is 0 Å². The summed E-state index contributed by atoms with van der Waals surface area (Å²) in [6.07, 6.45) is 1.82. The summed E-state index contributed by atoms with van der Waals surface area (Å²) in [6, 6.07) is 127. The van der Waals surface area contributed by atoms with Crippen LogP contribution in [-0.2, 0) is 23.9 Å². The number of hydrogen-bond acceptors (Lipinski definition) is 6. The van der Waals surface area contributed by atoms with E-state index in [1.807, 2.05) is 153 Å². The number of rotatable bonds is 20. The number of nitriles is 1. The number of esters is 2. The van der Waals surface area contributed by atoms with Gasteiger partial charge in [0, 0.05) is 0 Å². The minimum atomic E-state index is -2.11. The van der Waals surface area contributed by atoms with E-state index in [-0.39, 0.29) is 67.3 Å². The molecule has 0 radical (unpaired) electrons. The third-order valence-corrected chi connectivity index (χ3v) is 33.6. The van der Waals surface area contributed by atoms with E-state index in [1.54, 1.807) is 6.92 Å². The molecule has 14 heteroatoms. The largest absolute Gasteiger partial charge is 1.00 e. The summed E-state index contributed by atoms with van der Waals surface area (Å²) in [4.78, 5) is 37.1. The minimum Gasteiger partial charge on any atom is -1.00 e. The van der Waals surface area contributed by atoms with Gasteiger partial charge >= 0.3 is 11.9 Å². The molecule has 0 fully saturated rings. The van der Waals surface area contributed by atoms with Crippen molar-refractivity contribution >= 4 is 110 Å². The van der Waals surface area contributed by atoms with Crippen LogP contribution in [0.5, 0.6) is 0 Å². The SMILES string of the molecule is CC(=O)C[P+](c1ccccc1)(c1ccccc1)c1ccccc1.CCOC(=O)C[P+](c1ccccc1)(c1ccccc1)c1ccccc1.COC(=O)C[P+](c1ccccc1)(c1ccccc1)c1ccccc1.N#CC[P+](c1ccccc1)(c1ccccc1)c1ccccc1.[Cl-].[Cl-].[Cl-].[Cl-]. The van der Waals surface area contributed by atoms with Crippen molar-refractivity contribution in [3.05, 3.63) is 364 Å². The first-order chi connectivity index (χ1) is 46.1. The van der Waals surface area contributed by atoms with E-state index >= 15 is 0 Å². The molecule has 98 heavy (non-hydrogen) atoms. The van der Waals surface area contributed by atoms with Crippen molar-refractivity contribution in [3.63, 3.8) is 0 Å². The molecule has 0 bridgehead atoms. The molecule has 0 aromatic heterocycles. The second kappa shape index (κ2) is 41.1. The molecule has 0 aliphatic heterocycles. The summed E-state index contributed by atoms with van der Waals surface area (Å²) in [5.74, 6) is -0.0952. The lowest BCUT2D eigenvalue weighted by Gasteiger charge is -2.26.